The van der Waals surface area contributed by atoms with Gasteiger partial charge >= 0.3 is 0 Å². The van der Waals surface area contributed by atoms with Crippen LogP contribution in [0, 0.1) is 0 Å². The Morgan fingerprint density at radius 1 is 1.09 bits per heavy atom. The van der Waals surface area contributed by atoms with Gasteiger partial charge in [-0.2, -0.15) is 10.2 Å². The minimum atomic E-state index is 0.0402. The van der Waals surface area contributed by atoms with Crippen molar-refractivity contribution in [3.05, 3.63) is 53.0 Å². The standard InChI is InChI=1S/C25H31N5O2/c1-28-23-13-7-12-20(23)22(27-28)16-30(18-9-4-5-10-18)25(31)24-15-21(26-29(24)2)17-8-6-11-19(14-17)32-3/h6,8,11,14-15,18H,4-5,7,9-10,12-13,16H2,1-3H3. The topological polar surface area (TPSA) is 65.2 Å². The van der Waals surface area contributed by atoms with Crippen LogP contribution in [0.1, 0.15) is 59.5 Å². The van der Waals surface area contributed by atoms with Gasteiger partial charge in [-0.25, -0.2) is 0 Å². The van der Waals surface area contributed by atoms with Crippen LogP contribution in [0.25, 0.3) is 11.3 Å². The molecule has 2 aromatic heterocycles. The number of nitrogens with zero attached hydrogens (tertiary/aromatic N) is 5. The number of amides is 1. The molecule has 2 aliphatic rings. The fourth-order valence-corrected chi connectivity index (χ4v) is 5.31. The molecule has 0 atom stereocenters. The van der Waals surface area contributed by atoms with E-state index in [2.05, 4.69) is 10.00 Å². The molecular formula is C25H31N5O2. The highest BCUT2D eigenvalue weighted by Gasteiger charge is 2.32. The molecule has 0 spiro atoms. The van der Waals surface area contributed by atoms with Crippen LogP contribution in [0.3, 0.4) is 0 Å². The minimum Gasteiger partial charge on any atom is -0.497 e. The molecular weight excluding hydrogens is 402 g/mol. The lowest BCUT2D eigenvalue weighted by molar-refractivity contribution is 0.0649. The maximum atomic E-state index is 13.8. The van der Waals surface area contributed by atoms with Crippen LogP contribution in [-0.4, -0.2) is 43.5 Å². The third kappa shape index (κ3) is 3.70. The highest BCUT2D eigenvalue weighted by Crippen LogP contribution is 2.31. The first-order chi connectivity index (χ1) is 15.5. The largest absolute Gasteiger partial charge is 0.497 e. The van der Waals surface area contributed by atoms with Gasteiger partial charge in [-0.3, -0.25) is 14.2 Å². The third-order valence-corrected chi connectivity index (χ3v) is 7.01. The Hall–Kier alpha value is -3.09. The number of benzene rings is 1. The van der Waals surface area contributed by atoms with Crippen molar-refractivity contribution in [1.29, 1.82) is 0 Å². The first-order valence-electron chi connectivity index (χ1n) is 11.6. The fraction of sp³-hybridized carbons (Fsp3) is 0.480. The van der Waals surface area contributed by atoms with E-state index in [1.165, 1.54) is 30.5 Å². The first-order valence-corrected chi connectivity index (χ1v) is 11.6. The number of aryl methyl sites for hydroxylation is 2. The van der Waals surface area contributed by atoms with E-state index in [0.29, 0.717) is 12.2 Å². The van der Waals surface area contributed by atoms with Gasteiger partial charge in [0.25, 0.3) is 5.91 Å². The molecule has 3 aromatic rings. The van der Waals surface area contributed by atoms with Crippen molar-refractivity contribution in [2.75, 3.05) is 7.11 Å². The molecule has 1 saturated carbocycles. The summed E-state index contributed by atoms with van der Waals surface area (Å²) in [7, 11) is 5.53. The lowest BCUT2D eigenvalue weighted by Crippen LogP contribution is -2.39. The van der Waals surface area contributed by atoms with Crippen molar-refractivity contribution >= 4 is 5.91 Å². The second-order valence-electron chi connectivity index (χ2n) is 8.99. The van der Waals surface area contributed by atoms with Gasteiger partial charge < -0.3 is 9.64 Å². The molecule has 0 aliphatic heterocycles. The monoisotopic (exact) mass is 433 g/mol. The van der Waals surface area contributed by atoms with Crippen molar-refractivity contribution in [3.63, 3.8) is 0 Å². The van der Waals surface area contributed by atoms with E-state index in [9.17, 15) is 4.79 Å². The van der Waals surface area contributed by atoms with Crippen LogP contribution >= 0.6 is 0 Å². The van der Waals surface area contributed by atoms with E-state index in [0.717, 1.165) is 48.4 Å². The lowest BCUT2D eigenvalue weighted by Gasteiger charge is -2.28. The van der Waals surface area contributed by atoms with E-state index >= 15 is 0 Å². The zero-order valence-electron chi connectivity index (χ0n) is 19.2. The quantitative estimate of drug-likeness (QED) is 0.591. The number of fused-ring (bicyclic) bond motifs is 1. The summed E-state index contributed by atoms with van der Waals surface area (Å²) in [4.78, 5) is 15.9. The number of aromatic nitrogens is 4. The van der Waals surface area contributed by atoms with Crippen molar-refractivity contribution in [2.45, 2.75) is 57.5 Å². The summed E-state index contributed by atoms with van der Waals surface area (Å²) in [6.07, 6.45) is 7.79. The molecule has 0 unspecified atom stereocenters. The Morgan fingerprint density at radius 3 is 2.69 bits per heavy atom. The zero-order chi connectivity index (χ0) is 22.2. The highest BCUT2D eigenvalue weighted by molar-refractivity contribution is 5.94. The summed E-state index contributed by atoms with van der Waals surface area (Å²) in [6.45, 7) is 0.576. The van der Waals surface area contributed by atoms with Gasteiger partial charge in [-0.1, -0.05) is 25.0 Å². The summed E-state index contributed by atoms with van der Waals surface area (Å²) in [5, 5.41) is 9.45. The number of methoxy groups -OCH3 is 1. The Labute approximate surface area is 189 Å². The summed E-state index contributed by atoms with van der Waals surface area (Å²) in [6, 6.07) is 9.95. The van der Waals surface area contributed by atoms with E-state index in [1.807, 2.05) is 49.1 Å². The number of ether oxygens (including phenoxy) is 1. The smallest absolute Gasteiger partial charge is 0.272 e. The average molecular weight is 434 g/mol. The van der Waals surface area contributed by atoms with Crippen LogP contribution in [0.4, 0.5) is 0 Å². The Morgan fingerprint density at radius 2 is 1.91 bits per heavy atom. The van der Waals surface area contributed by atoms with Gasteiger partial charge in [0.05, 0.1) is 25.0 Å². The van der Waals surface area contributed by atoms with Crippen LogP contribution in [0.5, 0.6) is 5.75 Å². The van der Waals surface area contributed by atoms with Crippen molar-refractivity contribution in [3.8, 4) is 17.0 Å². The number of carbonyl (C=O) groups is 1. The van der Waals surface area contributed by atoms with Gasteiger partial charge in [0.15, 0.2) is 0 Å². The zero-order valence-corrected chi connectivity index (χ0v) is 19.2. The average Bonchev–Trinajstić information content (AvgIpc) is 3.59. The number of hydrogen-bond acceptors (Lipinski definition) is 4. The molecule has 2 heterocycles. The molecule has 32 heavy (non-hydrogen) atoms. The molecule has 0 N–H and O–H groups in total. The molecule has 0 bridgehead atoms. The molecule has 168 valence electrons. The molecule has 7 nitrogen and oxygen atoms in total. The van der Waals surface area contributed by atoms with Crippen LogP contribution in [-0.2, 0) is 33.5 Å². The second-order valence-corrected chi connectivity index (χ2v) is 8.99. The molecule has 1 fully saturated rings. The normalized spacial score (nSPS) is 15.8. The molecule has 1 aromatic carbocycles. The first kappa shape index (κ1) is 20.8. The highest BCUT2D eigenvalue weighted by atomic mass is 16.5. The maximum Gasteiger partial charge on any atom is 0.272 e. The van der Waals surface area contributed by atoms with Crippen molar-refractivity contribution < 1.29 is 9.53 Å². The minimum absolute atomic E-state index is 0.0402. The maximum absolute atomic E-state index is 13.8. The Kier molecular flexibility index (Phi) is 5.49. The SMILES string of the molecule is COc1cccc(-c2cc(C(=O)N(Cc3nn(C)c4c3CCC4)C3CCCC3)n(C)n2)c1. The Bertz CT molecular complexity index is 1140. The van der Waals surface area contributed by atoms with E-state index in [4.69, 9.17) is 9.84 Å². The summed E-state index contributed by atoms with van der Waals surface area (Å²) in [5.74, 6) is 0.816. The molecule has 0 saturated heterocycles. The Balaban J connectivity index is 1.47. The predicted octanol–water partition coefficient (Wildman–Crippen LogP) is 3.90. The van der Waals surface area contributed by atoms with Crippen LogP contribution in [0.15, 0.2) is 30.3 Å². The van der Waals surface area contributed by atoms with Gasteiger partial charge in [0.2, 0.25) is 0 Å². The molecule has 1 amide bonds. The van der Waals surface area contributed by atoms with Gasteiger partial charge in [0.1, 0.15) is 11.4 Å². The van der Waals surface area contributed by atoms with Gasteiger partial charge in [0, 0.05) is 31.4 Å². The second kappa shape index (κ2) is 8.45. The van der Waals surface area contributed by atoms with Crippen molar-refractivity contribution in [1.82, 2.24) is 24.5 Å². The number of hydrogen-bond donors (Lipinski definition) is 0. The van der Waals surface area contributed by atoms with Crippen LogP contribution < -0.4 is 4.74 Å². The fourth-order valence-electron chi connectivity index (χ4n) is 5.31. The van der Waals surface area contributed by atoms with E-state index in [1.54, 1.807) is 11.8 Å². The van der Waals surface area contributed by atoms with Crippen LogP contribution in [0.2, 0.25) is 0 Å². The third-order valence-electron chi connectivity index (χ3n) is 7.01. The molecule has 2 aliphatic carbocycles. The van der Waals surface area contributed by atoms with E-state index in [-0.39, 0.29) is 11.9 Å². The molecule has 0 radical (unpaired) electrons. The summed E-state index contributed by atoms with van der Waals surface area (Å²) in [5.41, 5.74) is 6.08. The van der Waals surface area contributed by atoms with Crippen molar-refractivity contribution in [2.24, 2.45) is 14.1 Å². The van der Waals surface area contributed by atoms with E-state index < -0.39 is 0 Å². The predicted molar refractivity (Wildman–Crippen MR) is 123 cm³/mol. The number of carbonyl (C=O) groups excluding carboxylic acids is 1. The summed E-state index contributed by atoms with van der Waals surface area (Å²) < 4.78 is 9.08. The van der Waals surface area contributed by atoms with Gasteiger partial charge in [-0.15, -0.1) is 0 Å². The van der Waals surface area contributed by atoms with Gasteiger partial charge in [-0.05, 0) is 55.9 Å². The molecule has 5 rings (SSSR count). The number of rotatable bonds is 6. The molecule has 7 heteroatoms. The lowest BCUT2D eigenvalue weighted by atomic mass is 10.1. The summed E-state index contributed by atoms with van der Waals surface area (Å²) >= 11 is 0.